The summed E-state index contributed by atoms with van der Waals surface area (Å²) in [5.74, 6) is 0.154. The molecule has 0 spiro atoms. The van der Waals surface area contributed by atoms with E-state index >= 15 is 0 Å². The minimum atomic E-state index is -0.918. The van der Waals surface area contributed by atoms with Crippen molar-refractivity contribution in [2.75, 3.05) is 0 Å². The summed E-state index contributed by atoms with van der Waals surface area (Å²) in [5.41, 5.74) is 0.491. The Labute approximate surface area is 113 Å². The van der Waals surface area contributed by atoms with E-state index in [2.05, 4.69) is 27.8 Å². The Hall–Kier alpha value is -1.20. The first-order valence-electron chi connectivity index (χ1n) is 5.77. The molecule has 0 aliphatic rings. The highest BCUT2D eigenvalue weighted by atomic mass is 79.9. The van der Waals surface area contributed by atoms with Gasteiger partial charge in [0.15, 0.2) is 0 Å². The fourth-order valence-corrected chi connectivity index (χ4v) is 2.36. The standard InChI is InChI=1S/C13H14BrFN2O/c1-2-4-17-5-3-16-13(17)12(18)9-6-10(14)8-11(15)7-9/h3,5-8,12,18H,2,4H2,1H3. The Morgan fingerprint density at radius 1 is 1.44 bits per heavy atom. The molecule has 0 radical (unpaired) electrons. The topological polar surface area (TPSA) is 38.0 Å². The first kappa shape index (κ1) is 13.2. The average Bonchev–Trinajstić information content (AvgIpc) is 2.75. The van der Waals surface area contributed by atoms with Crippen molar-refractivity contribution in [2.24, 2.45) is 0 Å². The molecule has 2 rings (SSSR count). The second-order valence-corrected chi connectivity index (χ2v) is 5.00. The quantitative estimate of drug-likeness (QED) is 0.941. The third-order valence-electron chi connectivity index (χ3n) is 2.66. The van der Waals surface area contributed by atoms with Crippen LogP contribution in [-0.4, -0.2) is 14.7 Å². The van der Waals surface area contributed by atoms with Crippen LogP contribution < -0.4 is 0 Å². The van der Waals surface area contributed by atoms with Crippen LogP contribution in [0, 0.1) is 5.82 Å². The maximum absolute atomic E-state index is 13.3. The summed E-state index contributed by atoms with van der Waals surface area (Å²) in [5, 5.41) is 10.3. The highest BCUT2D eigenvalue weighted by Crippen LogP contribution is 2.24. The van der Waals surface area contributed by atoms with Crippen LogP contribution in [0.3, 0.4) is 0 Å². The van der Waals surface area contributed by atoms with Crippen LogP contribution in [0.4, 0.5) is 4.39 Å². The summed E-state index contributed by atoms with van der Waals surface area (Å²) in [6.07, 6.45) is 3.49. The number of halogens is 2. The molecule has 0 fully saturated rings. The van der Waals surface area contributed by atoms with E-state index in [1.807, 2.05) is 10.8 Å². The van der Waals surface area contributed by atoms with Gasteiger partial charge in [-0.1, -0.05) is 22.9 Å². The van der Waals surface area contributed by atoms with Gasteiger partial charge in [0.05, 0.1) is 0 Å². The van der Waals surface area contributed by atoms with Gasteiger partial charge < -0.3 is 9.67 Å². The van der Waals surface area contributed by atoms with E-state index < -0.39 is 6.10 Å². The van der Waals surface area contributed by atoms with Crippen molar-refractivity contribution in [2.45, 2.75) is 26.0 Å². The molecule has 0 saturated carbocycles. The van der Waals surface area contributed by atoms with Gasteiger partial charge in [-0.2, -0.15) is 0 Å². The molecule has 0 aliphatic carbocycles. The van der Waals surface area contributed by atoms with Crippen LogP contribution in [-0.2, 0) is 6.54 Å². The third kappa shape index (κ3) is 2.79. The largest absolute Gasteiger partial charge is 0.380 e. The molecular formula is C13H14BrFN2O. The number of imidazole rings is 1. The Bertz CT molecular complexity index is 521. The van der Waals surface area contributed by atoms with Gasteiger partial charge in [-0.25, -0.2) is 9.37 Å². The van der Waals surface area contributed by atoms with Crippen LogP contribution >= 0.6 is 15.9 Å². The molecule has 0 amide bonds. The minimum absolute atomic E-state index is 0.382. The van der Waals surface area contributed by atoms with Gasteiger partial charge in [0.2, 0.25) is 0 Å². The molecular weight excluding hydrogens is 299 g/mol. The number of rotatable bonds is 4. The monoisotopic (exact) mass is 312 g/mol. The molecule has 1 aromatic heterocycles. The van der Waals surface area contributed by atoms with E-state index in [9.17, 15) is 9.50 Å². The first-order chi connectivity index (χ1) is 8.61. The summed E-state index contributed by atoms with van der Waals surface area (Å²) in [4.78, 5) is 4.15. The van der Waals surface area contributed by atoms with Crippen molar-refractivity contribution in [3.05, 3.63) is 52.3 Å². The van der Waals surface area contributed by atoms with Crippen LogP contribution in [0.1, 0.15) is 30.8 Å². The van der Waals surface area contributed by atoms with Crippen LogP contribution in [0.25, 0.3) is 0 Å². The van der Waals surface area contributed by atoms with Gasteiger partial charge in [0.1, 0.15) is 17.7 Å². The zero-order chi connectivity index (χ0) is 13.1. The maximum atomic E-state index is 13.3. The Morgan fingerprint density at radius 2 is 2.22 bits per heavy atom. The van der Waals surface area contributed by atoms with Crippen molar-refractivity contribution in [3.8, 4) is 0 Å². The van der Waals surface area contributed by atoms with Crippen molar-refractivity contribution >= 4 is 15.9 Å². The van der Waals surface area contributed by atoms with Gasteiger partial charge in [-0.15, -0.1) is 0 Å². The van der Waals surface area contributed by atoms with E-state index in [1.165, 1.54) is 12.1 Å². The van der Waals surface area contributed by atoms with Gasteiger partial charge in [-0.3, -0.25) is 0 Å². The van der Waals surface area contributed by atoms with Crippen molar-refractivity contribution in [1.29, 1.82) is 0 Å². The Balaban J connectivity index is 2.34. The predicted molar refractivity (Wildman–Crippen MR) is 70.7 cm³/mol. The molecule has 1 heterocycles. The van der Waals surface area contributed by atoms with E-state index in [0.717, 1.165) is 13.0 Å². The second-order valence-electron chi connectivity index (χ2n) is 4.08. The number of aryl methyl sites for hydroxylation is 1. The zero-order valence-electron chi connectivity index (χ0n) is 9.98. The molecule has 3 nitrogen and oxygen atoms in total. The summed E-state index contributed by atoms with van der Waals surface area (Å²) in [7, 11) is 0. The van der Waals surface area contributed by atoms with Gasteiger partial charge >= 0.3 is 0 Å². The van der Waals surface area contributed by atoms with Crippen molar-refractivity contribution < 1.29 is 9.50 Å². The number of hydrogen-bond acceptors (Lipinski definition) is 2. The fraction of sp³-hybridized carbons (Fsp3) is 0.308. The molecule has 5 heteroatoms. The summed E-state index contributed by atoms with van der Waals surface area (Å²) >= 11 is 3.22. The molecule has 1 unspecified atom stereocenters. The predicted octanol–water partition coefficient (Wildman–Crippen LogP) is 3.28. The molecule has 0 aliphatic heterocycles. The third-order valence-corrected chi connectivity index (χ3v) is 3.12. The number of benzene rings is 1. The smallest absolute Gasteiger partial charge is 0.142 e. The number of aliphatic hydroxyl groups is 1. The van der Waals surface area contributed by atoms with Crippen molar-refractivity contribution in [1.82, 2.24) is 9.55 Å². The summed E-state index contributed by atoms with van der Waals surface area (Å²) in [6.45, 7) is 2.83. The lowest BCUT2D eigenvalue weighted by atomic mass is 10.1. The van der Waals surface area contributed by atoms with E-state index in [1.54, 1.807) is 12.3 Å². The minimum Gasteiger partial charge on any atom is -0.380 e. The van der Waals surface area contributed by atoms with Crippen LogP contribution in [0.2, 0.25) is 0 Å². The number of nitrogens with zero attached hydrogens (tertiary/aromatic N) is 2. The molecule has 0 bridgehead atoms. The molecule has 2 aromatic rings. The van der Waals surface area contributed by atoms with Gasteiger partial charge in [0, 0.05) is 23.4 Å². The van der Waals surface area contributed by atoms with Gasteiger partial charge in [-0.05, 0) is 30.2 Å². The molecule has 18 heavy (non-hydrogen) atoms. The molecule has 1 atom stereocenters. The summed E-state index contributed by atoms with van der Waals surface area (Å²) in [6, 6.07) is 4.37. The number of hydrogen-bond donors (Lipinski definition) is 1. The lowest BCUT2D eigenvalue weighted by Crippen LogP contribution is -2.10. The maximum Gasteiger partial charge on any atom is 0.142 e. The Morgan fingerprint density at radius 3 is 2.89 bits per heavy atom. The van der Waals surface area contributed by atoms with Crippen LogP contribution in [0.15, 0.2) is 35.1 Å². The lowest BCUT2D eigenvalue weighted by molar-refractivity contribution is 0.203. The van der Waals surface area contributed by atoms with E-state index in [0.29, 0.717) is 15.9 Å². The normalized spacial score (nSPS) is 12.7. The number of aliphatic hydroxyl groups excluding tert-OH is 1. The van der Waals surface area contributed by atoms with Gasteiger partial charge in [0.25, 0.3) is 0 Å². The lowest BCUT2D eigenvalue weighted by Gasteiger charge is -2.13. The van der Waals surface area contributed by atoms with E-state index in [-0.39, 0.29) is 5.82 Å². The average molecular weight is 313 g/mol. The highest BCUT2D eigenvalue weighted by molar-refractivity contribution is 9.10. The Kier molecular flexibility index (Phi) is 4.14. The SMILES string of the molecule is CCCn1ccnc1C(O)c1cc(F)cc(Br)c1. The fourth-order valence-electron chi connectivity index (χ4n) is 1.88. The zero-order valence-corrected chi connectivity index (χ0v) is 11.6. The molecule has 96 valence electrons. The van der Waals surface area contributed by atoms with Crippen molar-refractivity contribution in [3.63, 3.8) is 0 Å². The highest BCUT2D eigenvalue weighted by Gasteiger charge is 2.17. The second kappa shape index (κ2) is 5.63. The van der Waals surface area contributed by atoms with Crippen LogP contribution in [0.5, 0.6) is 0 Å². The summed E-state index contributed by atoms with van der Waals surface area (Å²) < 4.78 is 15.8. The molecule has 0 saturated heterocycles. The van der Waals surface area contributed by atoms with E-state index in [4.69, 9.17) is 0 Å². The first-order valence-corrected chi connectivity index (χ1v) is 6.56. The molecule has 1 N–H and O–H groups in total. The number of aromatic nitrogens is 2. The molecule has 1 aromatic carbocycles.